The lowest BCUT2D eigenvalue weighted by atomic mass is 9.95. The van der Waals surface area contributed by atoms with E-state index in [0.717, 1.165) is 77.6 Å². The van der Waals surface area contributed by atoms with Gasteiger partial charge in [0.05, 0.1) is 0 Å². The van der Waals surface area contributed by atoms with Crippen molar-refractivity contribution in [1.29, 1.82) is 0 Å². The van der Waals surface area contributed by atoms with E-state index in [1.165, 1.54) is 58.5 Å². The van der Waals surface area contributed by atoms with Gasteiger partial charge in [-0.05, 0) is 119 Å². The normalized spacial score (nSPS) is 13.0. The standard InChI is InChI=1S/C56H48N8S6/c1-23-17-37(29(7)65-23)43-45(39-19-25(3)67-31(39)9)53-60-51(43)58-49-35-15-13-14-16-36(35)50(57-49)59-52-44(38-18-24(2)66-30(38)8)46(40-20-26(4)68-32(40)10)54(61-52)63-56-48(42-22-28(6)70-34(42)12)47(55(62-53)64-56)41-21-27(5)69-33(41)11/h13-22H,1-12H3,(H2,57,58,59,60,61,62,63,64). The molecule has 0 spiro atoms. The monoisotopic (exact) mass is 1020 g/mol. The molecule has 70 heavy (non-hydrogen) atoms. The topological polar surface area (TPSA) is 109 Å². The molecular formula is C56H48N8S6. The van der Waals surface area contributed by atoms with Gasteiger partial charge >= 0.3 is 0 Å². The number of hydrogen-bond acceptors (Lipinski definition) is 12. The molecule has 9 aromatic heterocycles. The van der Waals surface area contributed by atoms with Crippen molar-refractivity contribution in [1.82, 2.24) is 39.9 Å². The van der Waals surface area contributed by atoms with Crippen LogP contribution in [0.1, 0.15) is 104 Å². The molecule has 12 rings (SSSR count). The summed E-state index contributed by atoms with van der Waals surface area (Å²) in [4.78, 5) is 56.0. The Balaban J connectivity index is 1.35. The van der Waals surface area contributed by atoms with Gasteiger partial charge in [-0.2, -0.15) is 0 Å². The Labute approximate surface area is 430 Å². The fourth-order valence-corrected chi connectivity index (χ4v) is 16.0. The minimum Gasteiger partial charge on any atom is -0.324 e. The molecule has 0 aliphatic carbocycles. The zero-order chi connectivity index (χ0) is 48.6. The van der Waals surface area contributed by atoms with Gasteiger partial charge in [-0.3, -0.25) is 0 Å². The van der Waals surface area contributed by atoms with E-state index >= 15 is 0 Å². The van der Waals surface area contributed by atoms with Crippen LogP contribution >= 0.6 is 68.0 Å². The van der Waals surface area contributed by atoms with E-state index in [4.69, 9.17) is 29.9 Å². The summed E-state index contributed by atoms with van der Waals surface area (Å²) in [7, 11) is 0. The van der Waals surface area contributed by atoms with Crippen LogP contribution in [0.5, 0.6) is 0 Å². The molecule has 2 aliphatic heterocycles. The van der Waals surface area contributed by atoms with E-state index in [2.05, 4.69) is 154 Å². The van der Waals surface area contributed by atoms with Gasteiger partial charge in [-0.25, -0.2) is 29.9 Å². The number of rotatable bonds is 6. The quantitative estimate of drug-likeness (QED) is 0.172. The van der Waals surface area contributed by atoms with E-state index in [-0.39, 0.29) is 0 Å². The van der Waals surface area contributed by atoms with Gasteiger partial charge in [0.15, 0.2) is 23.3 Å². The van der Waals surface area contributed by atoms with Crippen LogP contribution in [0.25, 0.3) is 77.9 Å². The Hall–Kier alpha value is -6.00. The van der Waals surface area contributed by atoms with Gasteiger partial charge in [-0.1, -0.05) is 24.3 Å². The molecule has 8 bridgehead atoms. The molecule has 0 amide bonds. The van der Waals surface area contributed by atoms with Gasteiger partial charge in [0.1, 0.15) is 22.6 Å². The van der Waals surface area contributed by atoms with E-state index in [1.807, 2.05) is 0 Å². The number of aryl methyl sites for hydroxylation is 12. The Bertz CT molecular complexity index is 3850. The second-order valence-electron chi connectivity index (χ2n) is 18.4. The fraction of sp³-hybridized carbons (Fsp3) is 0.214. The molecule has 1 aromatic carbocycles. The van der Waals surface area contributed by atoms with Crippen molar-refractivity contribution >= 4 is 124 Å². The largest absolute Gasteiger partial charge is 0.324 e. The smallest absolute Gasteiger partial charge is 0.165 e. The van der Waals surface area contributed by atoms with Crippen LogP contribution in [0.4, 0.5) is 0 Å². The fourth-order valence-electron chi connectivity index (χ4n) is 10.4. The van der Waals surface area contributed by atoms with Crippen LogP contribution in [0.3, 0.4) is 0 Å². The molecule has 0 saturated heterocycles. The zero-order valence-corrected chi connectivity index (χ0v) is 45.8. The third-order valence-corrected chi connectivity index (χ3v) is 19.0. The van der Waals surface area contributed by atoms with Crippen molar-refractivity contribution in [3.8, 4) is 22.3 Å². The number of aromatic amines is 2. The average molecular weight is 1030 g/mol. The Morgan fingerprint density at radius 2 is 0.543 bits per heavy atom. The number of benzene rings is 1. The van der Waals surface area contributed by atoms with Crippen LogP contribution < -0.4 is 0 Å². The Morgan fingerprint density at radius 3 is 0.800 bits per heavy atom. The first-order chi connectivity index (χ1) is 33.6. The summed E-state index contributed by atoms with van der Waals surface area (Å²) in [6.07, 6.45) is 0. The maximum absolute atomic E-state index is 5.79. The SMILES string of the molecule is Cc1cc(C2=C(c3cc(C)sc3C)c3nc2nc2[nH]c(nc4nc(nc5[nH]c(n3)c3ccccc53)C(c3cc(C)sc3C)=C4c3cc(C)sc3C)c(-c3cc(C)sc3C)c2-c2cc(C)sc2C)c(C)s1. The molecule has 348 valence electrons. The predicted molar refractivity (Wildman–Crippen MR) is 300 cm³/mol. The molecule has 0 radical (unpaired) electrons. The van der Waals surface area contributed by atoms with Crippen molar-refractivity contribution < 1.29 is 0 Å². The first-order valence-electron chi connectivity index (χ1n) is 23.2. The molecule has 2 aliphatic rings. The maximum atomic E-state index is 5.79. The second kappa shape index (κ2) is 16.8. The van der Waals surface area contributed by atoms with Crippen LogP contribution in [-0.2, 0) is 0 Å². The van der Waals surface area contributed by atoms with Crippen molar-refractivity contribution in [2.24, 2.45) is 0 Å². The number of hydrogen-bond donors (Lipinski definition) is 2. The summed E-state index contributed by atoms with van der Waals surface area (Å²) in [5.74, 6) is 2.38. The summed E-state index contributed by atoms with van der Waals surface area (Å²) in [5.41, 5.74) is 15.2. The number of fused-ring (bicyclic) bond motifs is 11. The molecular weight excluding hydrogens is 977 g/mol. The highest BCUT2D eigenvalue weighted by Gasteiger charge is 2.33. The van der Waals surface area contributed by atoms with Crippen LogP contribution in [0.15, 0.2) is 60.7 Å². The van der Waals surface area contributed by atoms with Crippen LogP contribution in [0.2, 0.25) is 0 Å². The lowest BCUT2D eigenvalue weighted by molar-refractivity contribution is 1.10. The number of nitrogens with zero attached hydrogens (tertiary/aromatic N) is 6. The van der Waals surface area contributed by atoms with Crippen molar-refractivity contribution in [3.05, 3.63) is 165 Å². The first-order valence-corrected chi connectivity index (χ1v) is 28.1. The number of H-pyrrole nitrogens is 2. The van der Waals surface area contributed by atoms with Gasteiger partial charge in [-0.15, -0.1) is 68.0 Å². The number of thiophene rings is 6. The van der Waals surface area contributed by atoms with Crippen LogP contribution in [-0.4, -0.2) is 39.9 Å². The summed E-state index contributed by atoms with van der Waals surface area (Å²) >= 11 is 10.8. The van der Waals surface area contributed by atoms with Gasteiger partial charge in [0, 0.05) is 136 Å². The molecule has 0 fully saturated rings. The van der Waals surface area contributed by atoms with Crippen molar-refractivity contribution in [2.75, 3.05) is 0 Å². The molecule has 0 unspecified atom stereocenters. The first kappa shape index (κ1) is 45.2. The van der Waals surface area contributed by atoms with E-state index in [0.29, 0.717) is 45.9 Å². The third-order valence-electron chi connectivity index (χ3n) is 13.2. The van der Waals surface area contributed by atoms with Gasteiger partial charge in [0.2, 0.25) is 0 Å². The highest BCUT2D eigenvalue weighted by molar-refractivity contribution is 7.13. The van der Waals surface area contributed by atoms with Gasteiger partial charge < -0.3 is 9.97 Å². The van der Waals surface area contributed by atoms with Crippen molar-refractivity contribution in [3.63, 3.8) is 0 Å². The molecule has 0 atom stereocenters. The zero-order valence-electron chi connectivity index (χ0n) is 40.9. The van der Waals surface area contributed by atoms with E-state index in [1.54, 1.807) is 68.0 Å². The summed E-state index contributed by atoms with van der Waals surface area (Å²) < 4.78 is 0. The summed E-state index contributed by atoms with van der Waals surface area (Å²) in [5, 5.41) is 1.88. The summed E-state index contributed by atoms with van der Waals surface area (Å²) in [6.45, 7) is 26.3. The Morgan fingerprint density at radius 1 is 0.300 bits per heavy atom. The molecule has 10 aromatic rings. The lowest BCUT2D eigenvalue weighted by Gasteiger charge is -2.08. The van der Waals surface area contributed by atoms with Crippen LogP contribution in [0, 0.1) is 83.1 Å². The molecule has 2 N–H and O–H groups in total. The van der Waals surface area contributed by atoms with Crippen molar-refractivity contribution in [2.45, 2.75) is 83.1 Å². The minimum absolute atomic E-state index is 0.595. The Kier molecular flexibility index (Phi) is 10.8. The number of nitrogens with one attached hydrogen (secondary N) is 2. The molecule has 8 nitrogen and oxygen atoms in total. The predicted octanol–water partition coefficient (Wildman–Crippen LogP) is 16.5. The summed E-state index contributed by atoms with van der Waals surface area (Å²) in [6, 6.07) is 22.1. The van der Waals surface area contributed by atoms with E-state index in [9.17, 15) is 0 Å². The average Bonchev–Trinajstić information content (AvgIpc) is 4.19. The molecule has 0 saturated carbocycles. The minimum atomic E-state index is 0.595. The maximum Gasteiger partial charge on any atom is 0.165 e. The highest BCUT2D eigenvalue weighted by Crippen LogP contribution is 2.49. The van der Waals surface area contributed by atoms with E-state index < -0.39 is 0 Å². The lowest BCUT2D eigenvalue weighted by Crippen LogP contribution is -1.94. The van der Waals surface area contributed by atoms with Gasteiger partial charge in [0.25, 0.3) is 0 Å². The number of aromatic nitrogens is 8. The third kappa shape index (κ3) is 7.36. The molecule has 11 heterocycles. The molecule has 14 heteroatoms. The highest BCUT2D eigenvalue weighted by atomic mass is 32.1. The second-order valence-corrected chi connectivity index (χ2v) is 27.1.